The van der Waals surface area contributed by atoms with Gasteiger partial charge in [-0.05, 0) is 37.4 Å². The normalized spacial score (nSPS) is 22.3. The summed E-state index contributed by atoms with van der Waals surface area (Å²) in [6, 6.07) is 2.51. The predicted octanol–water partition coefficient (Wildman–Crippen LogP) is 3.60. The van der Waals surface area contributed by atoms with E-state index in [9.17, 15) is 0 Å². The molecule has 3 nitrogen and oxygen atoms in total. The van der Waals surface area contributed by atoms with Gasteiger partial charge in [0.05, 0.1) is 0 Å². The predicted molar refractivity (Wildman–Crippen MR) is 79.1 cm³/mol. The van der Waals surface area contributed by atoms with E-state index in [4.69, 9.17) is 9.47 Å². The molecule has 3 rings (SSSR count). The number of hydrogen-bond acceptors (Lipinski definition) is 3. The molecule has 2 aliphatic rings. The summed E-state index contributed by atoms with van der Waals surface area (Å²) in [6.07, 6.45) is 4.74. The second-order valence-electron chi connectivity index (χ2n) is 5.13. The maximum absolute atomic E-state index is 5.86. The van der Waals surface area contributed by atoms with Gasteiger partial charge in [-0.1, -0.05) is 29.3 Å². The van der Waals surface area contributed by atoms with E-state index in [2.05, 4.69) is 34.2 Å². The lowest BCUT2D eigenvalue weighted by atomic mass is 9.91. The van der Waals surface area contributed by atoms with Gasteiger partial charge in [-0.25, -0.2) is 0 Å². The third-order valence-corrected chi connectivity index (χ3v) is 4.59. The summed E-state index contributed by atoms with van der Waals surface area (Å²) in [5.74, 6) is 1.84. The molecule has 104 valence electrons. The highest BCUT2D eigenvalue weighted by Crippen LogP contribution is 2.44. The molecule has 4 heteroatoms. The lowest BCUT2D eigenvalue weighted by Crippen LogP contribution is -2.28. The van der Waals surface area contributed by atoms with Crippen molar-refractivity contribution in [1.29, 1.82) is 0 Å². The Labute approximate surface area is 122 Å². The van der Waals surface area contributed by atoms with E-state index in [0.717, 1.165) is 28.9 Å². The Morgan fingerprint density at radius 1 is 1.32 bits per heavy atom. The summed E-state index contributed by atoms with van der Waals surface area (Å²) < 4.78 is 12.7. The van der Waals surface area contributed by atoms with Crippen LogP contribution in [0.15, 0.2) is 10.5 Å². The molecule has 1 unspecified atom stereocenters. The van der Waals surface area contributed by atoms with Gasteiger partial charge in [-0.15, -0.1) is 0 Å². The molecular weight excluding hydrogens is 306 g/mol. The molecule has 0 spiro atoms. The maximum Gasteiger partial charge on any atom is 0.164 e. The van der Waals surface area contributed by atoms with E-state index < -0.39 is 0 Å². The van der Waals surface area contributed by atoms with Gasteiger partial charge in [0.15, 0.2) is 11.5 Å². The van der Waals surface area contributed by atoms with Crippen molar-refractivity contribution in [2.75, 3.05) is 19.8 Å². The van der Waals surface area contributed by atoms with Crippen LogP contribution in [-0.4, -0.2) is 19.8 Å². The van der Waals surface area contributed by atoms with Crippen LogP contribution in [0.5, 0.6) is 11.5 Å². The first-order valence-electron chi connectivity index (χ1n) is 7.15. The molecular formula is C15H20BrNO2. The first kappa shape index (κ1) is 13.3. The number of fused-ring (bicyclic) bond motifs is 1. The number of benzene rings is 1. The topological polar surface area (TPSA) is 30.5 Å². The molecule has 0 radical (unpaired) electrons. The zero-order valence-corrected chi connectivity index (χ0v) is 12.9. The maximum atomic E-state index is 5.86. The molecule has 1 N–H and O–H groups in total. The highest BCUT2D eigenvalue weighted by Gasteiger charge is 2.26. The van der Waals surface area contributed by atoms with Gasteiger partial charge in [-0.2, -0.15) is 0 Å². The van der Waals surface area contributed by atoms with Crippen molar-refractivity contribution in [3.63, 3.8) is 0 Å². The molecule has 1 saturated heterocycles. The van der Waals surface area contributed by atoms with Crippen molar-refractivity contribution in [1.82, 2.24) is 5.32 Å². The number of ether oxygens (including phenoxy) is 2. The van der Waals surface area contributed by atoms with Crippen LogP contribution < -0.4 is 14.8 Å². The van der Waals surface area contributed by atoms with Crippen LogP contribution >= 0.6 is 15.9 Å². The Bertz CT molecular complexity index is 470. The van der Waals surface area contributed by atoms with Crippen molar-refractivity contribution < 1.29 is 9.47 Å². The molecule has 19 heavy (non-hydrogen) atoms. The Morgan fingerprint density at radius 3 is 2.89 bits per heavy atom. The SMILES string of the molecule is CCc1c2c(cc(Br)c1C1CCCCN1)OCCO2. The smallest absolute Gasteiger partial charge is 0.164 e. The van der Waals surface area contributed by atoms with Gasteiger partial charge in [-0.3, -0.25) is 0 Å². The van der Waals surface area contributed by atoms with E-state index in [-0.39, 0.29) is 0 Å². The van der Waals surface area contributed by atoms with Crippen LogP contribution in [0.1, 0.15) is 43.4 Å². The molecule has 0 amide bonds. The van der Waals surface area contributed by atoms with E-state index in [1.54, 1.807) is 0 Å². The van der Waals surface area contributed by atoms with Crippen LogP contribution in [-0.2, 0) is 6.42 Å². The van der Waals surface area contributed by atoms with E-state index >= 15 is 0 Å². The van der Waals surface area contributed by atoms with Crippen molar-refractivity contribution in [2.45, 2.75) is 38.6 Å². The molecule has 1 fully saturated rings. The van der Waals surface area contributed by atoms with Crippen LogP contribution in [0.25, 0.3) is 0 Å². The Kier molecular flexibility index (Phi) is 3.99. The largest absolute Gasteiger partial charge is 0.486 e. The van der Waals surface area contributed by atoms with E-state index in [0.29, 0.717) is 19.3 Å². The summed E-state index contributed by atoms with van der Waals surface area (Å²) in [4.78, 5) is 0. The standard InChI is InChI=1S/C15H20BrNO2/c1-2-10-14(12-5-3-4-6-17-12)11(16)9-13-15(10)19-8-7-18-13/h9,12,17H,2-8H2,1H3. The zero-order valence-electron chi connectivity index (χ0n) is 11.3. The first-order valence-corrected chi connectivity index (χ1v) is 7.94. The van der Waals surface area contributed by atoms with Gasteiger partial charge >= 0.3 is 0 Å². The summed E-state index contributed by atoms with van der Waals surface area (Å²) in [5, 5.41) is 3.63. The fourth-order valence-electron chi connectivity index (χ4n) is 3.06. The molecule has 2 aliphatic heterocycles. The Balaban J connectivity index is 2.06. The van der Waals surface area contributed by atoms with Crippen molar-refractivity contribution in [3.05, 3.63) is 21.7 Å². The molecule has 1 aromatic carbocycles. The van der Waals surface area contributed by atoms with Crippen LogP contribution in [0.2, 0.25) is 0 Å². The third-order valence-electron chi connectivity index (χ3n) is 3.94. The molecule has 0 aromatic heterocycles. The number of rotatable bonds is 2. The van der Waals surface area contributed by atoms with Crippen LogP contribution in [0.4, 0.5) is 0 Å². The average molecular weight is 326 g/mol. The second-order valence-corrected chi connectivity index (χ2v) is 5.99. The number of hydrogen-bond donors (Lipinski definition) is 1. The molecule has 0 aliphatic carbocycles. The minimum atomic E-state index is 0.439. The molecule has 0 bridgehead atoms. The summed E-state index contributed by atoms with van der Waals surface area (Å²) in [6.45, 7) is 4.59. The summed E-state index contributed by atoms with van der Waals surface area (Å²) in [5.41, 5.74) is 2.66. The minimum Gasteiger partial charge on any atom is -0.486 e. The first-order chi connectivity index (χ1) is 9.31. The van der Waals surface area contributed by atoms with Gasteiger partial charge in [0.2, 0.25) is 0 Å². The molecule has 2 heterocycles. The lowest BCUT2D eigenvalue weighted by molar-refractivity contribution is 0.169. The van der Waals surface area contributed by atoms with Gasteiger partial charge in [0.1, 0.15) is 13.2 Å². The quantitative estimate of drug-likeness (QED) is 0.901. The molecule has 0 saturated carbocycles. The van der Waals surface area contributed by atoms with Gasteiger partial charge < -0.3 is 14.8 Å². The van der Waals surface area contributed by atoms with E-state index in [1.807, 2.05) is 0 Å². The minimum absolute atomic E-state index is 0.439. The average Bonchev–Trinajstić information content (AvgIpc) is 2.46. The van der Waals surface area contributed by atoms with Gasteiger partial charge in [0, 0.05) is 16.1 Å². The van der Waals surface area contributed by atoms with Crippen molar-refractivity contribution >= 4 is 15.9 Å². The van der Waals surface area contributed by atoms with Crippen LogP contribution in [0.3, 0.4) is 0 Å². The van der Waals surface area contributed by atoms with Gasteiger partial charge in [0.25, 0.3) is 0 Å². The Morgan fingerprint density at radius 2 is 2.16 bits per heavy atom. The van der Waals surface area contributed by atoms with Crippen LogP contribution in [0, 0.1) is 0 Å². The van der Waals surface area contributed by atoms with E-state index in [1.165, 1.54) is 30.4 Å². The fourth-order valence-corrected chi connectivity index (χ4v) is 3.78. The summed E-state index contributed by atoms with van der Waals surface area (Å²) >= 11 is 3.73. The highest BCUT2D eigenvalue weighted by molar-refractivity contribution is 9.10. The fraction of sp³-hybridized carbons (Fsp3) is 0.600. The molecule has 1 aromatic rings. The zero-order chi connectivity index (χ0) is 13.2. The second kappa shape index (κ2) is 5.71. The molecule has 1 atom stereocenters. The number of piperidine rings is 1. The lowest BCUT2D eigenvalue weighted by Gasteiger charge is -2.30. The number of halogens is 1. The number of nitrogens with one attached hydrogen (secondary N) is 1. The summed E-state index contributed by atoms with van der Waals surface area (Å²) in [7, 11) is 0. The highest BCUT2D eigenvalue weighted by atomic mass is 79.9. The van der Waals surface area contributed by atoms with Crippen molar-refractivity contribution in [3.8, 4) is 11.5 Å². The van der Waals surface area contributed by atoms with Crippen molar-refractivity contribution in [2.24, 2.45) is 0 Å². The Hall–Kier alpha value is -0.740. The third kappa shape index (κ3) is 2.48. The monoisotopic (exact) mass is 325 g/mol.